The summed E-state index contributed by atoms with van der Waals surface area (Å²) < 4.78 is 4.71. The maximum absolute atomic E-state index is 13.2. The number of carboxylic acid groups (broad SMARTS) is 1. The Kier molecular flexibility index (Phi) is 7.80. The lowest BCUT2D eigenvalue weighted by atomic mass is 10.0. The van der Waals surface area contributed by atoms with E-state index in [-0.39, 0.29) is 22.4 Å². The largest absolute Gasteiger partial charge is 0.477 e. The average Bonchev–Trinajstić information content (AvgIpc) is 3.58. The van der Waals surface area contributed by atoms with Gasteiger partial charge in [-0.25, -0.2) is 4.79 Å². The predicted molar refractivity (Wildman–Crippen MR) is 143 cm³/mol. The van der Waals surface area contributed by atoms with Crippen molar-refractivity contribution in [3.05, 3.63) is 51.9 Å². The molecule has 1 aromatic carbocycles. The molecule has 2 aliphatic rings. The van der Waals surface area contributed by atoms with Crippen LogP contribution >= 0.6 is 58.0 Å². The maximum Gasteiger partial charge on any atom is 0.352 e. The molecule has 1 unspecified atom stereocenters. The molecule has 38 heavy (non-hydrogen) atoms. The number of benzene rings is 1. The van der Waals surface area contributed by atoms with Crippen LogP contribution in [0.25, 0.3) is 0 Å². The molecule has 0 bridgehead atoms. The number of rotatable bonds is 9. The van der Waals surface area contributed by atoms with E-state index in [0.29, 0.717) is 32.2 Å². The second-order valence-corrected chi connectivity index (χ2v) is 11.9. The number of aliphatic carboxylic acids is 1. The smallest absolute Gasteiger partial charge is 0.352 e. The van der Waals surface area contributed by atoms with Gasteiger partial charge in [0.25, 0.3) is 11.8 Å². The molecular formula is C20H15ClN8O5S4. The van der Waals surface area contributed by atoms with Crippen molar-refractivity contribution in [1.29, 1.82) is 0 Å². The quantitative estimate of drug-likeness (QED) is 0.138. The van der Waals surface area contributed by atoms with E-state index >= 15 is 0 Å². The Labute approximate surface area is 235 Å². The van der Waals surface area contributed by atoms with E-state index in [1.54, 1.807) is 29.8 Å². The zero-order chi connectivity index (χ0) is 26.8. The van der Waals surface area contributed by atoms with Crippen molar-refractivity contribution in [2.24, 2.45) is 5.16 Å². The first kappa shape index (κ1) is 26.4. The molecule has 1 saturated heterocycles. The lowest BCUT2D eigenvalue weighted by Gasteiger charge is -2.49. The number of nitrogen functional groups attached to an aromatic ring is 1. The highest BCUT2D eigenvalue weighted by Gasteiger charge is 2.54. The number of carbonyl (C=O) groups excluding carboxylic acids is 2. The third-order valence-corrected chi connectivity index (χ3v) is 9.25. The number of β-lactam (4-membered cyclic amide) rings is 1. The molecule has 2 aromatic heterocycles. The summed E-state index contributed by atoms with van der Waals surface area (Å²) >= 11 is 10.8. The fourth-order valence-corrected chi connectivity index (χ4v) is 7.02. The van der Waals surface area contributed by atoms with Gasteiger partial charge in [-0.1, -0.05) is 39.9 Å². The number of hydrogen-bond acceptors (Lipinski definition) is 14. The van der Waals surface area contributed by atoms with Gasteiger partial charge in [-0.05, 0) is 29.8 Å². The number of amides is 2. The highest BCUT2D eigenvalue weighted by Crippen LogP contribution is 2.41. The number of hydrogen-bond donors (Lipinski definition) is 3. The molecule has 4 heterocycles. The van der Waals surface area contributed by atoms with Crippen molar-refractivity contribution >= 4 is 86.6 Å². The number of nitrogens with one attached hydrogen (secondary N) is 1. The van der Waals surface area contributed by atoms with Crippen LogP contribution in [0.2, 0.25) is 5.02 Å². The zero-order valence-electron chi connectivity index (χ0n) is 18.8. The van der Waals surface area contributed by atoms with Crippen molar-refractivity contribution in [3.63, 3.8) is 0 Å². The van der Waals surface area contributed by atoms with Gasteiger partial charge in [-0.15, -0.1) is 22.0 Å². The molecule has 2 amide bonds. The van der Waals surface area contributed by atoms with Crippen molar-refractivity contribution in [1.82, 2.24) is 29.8 Å². The van der Waals surface area contributed by atoms with Gasteiger partial charge in [-0.3, -0.25) is 14.5 Å². The Morgan fingerprint density at radius 1 is 1.34 bits per heavy atom. The SMILES string of the molecule is Nc1nc(/C(=N/Oc2ccc(Cl)cc2)C(=O)NC2C(=O)N3C(C(=O)O)=C(CSc4nncs4)CS[C@H]23)ns1. The third kappa shape index (κ3) is 5.46. The number of thioether (sulfide) groups is 2. The normalized spacial score (nSPS) is 19.1. The van der Waals surface area contributed by atoms with Gasteiger partial charge in [0.2, 0.25) is 11.5 Å². The van der Waals surface area contributed by atoms with E-state index in [9.17, 15) is 19.5 Å². The number of anilines is 1. The number of aromatic nitrogens is 4. The zero-order valence-corrected chi connectivity index (χ0v) is 22.8. The van der Waals surface area contributed by atoms with Gasteiger partial charge in [0.05, 0.1) is 0 Å². The van der Waals surface area contributed by atoms with Crippen molar-refractivity contribution in [2.45, 2.75) is 15.8 Å². The van der Waals surface area contributed by atoms with Gasteiger partial charge in [0, 0.05) is 28.1 Å². The van der Waals surface area contributed by atoms with E-state index in [4.69, 9.17) is 22.2 Å². The van der Waals surface area contributed by atoms with Crippen LogP contribution in [0.15, 0.2) is 50.5 Å². The second kappa shape index (κ2) is 11.2. The lowest BCUT2D eigenvalue weighted by molar-refractivity contribution is -0.150. The summed E-state index contributed by atoms with van der Waals surface area (Å²) in [5.74, 6) is -1.65. The number of oxime groups is 1. The summed E-state index contributed by atoms with van der Waals surface area (Å²) in [5, 5.41) is 24.0. The summed E-state index contributed by atoms with van der Waals surface area (Å²) in [6, 6.07) is 5.28. The number of fused-ring (bicyclic) bond motifs is 1. The molecule has 0 aliphatic carbocycles. The minimum atomic E-state index is -1.22. The summed E-state index contributed by atoms with van der Waals surface area (Å²) in [6.07, 6.45) is 0. The summed E-state index contributed by atoms with van der Waals surface area (Å²) in [6.45, 7) is 0. The predicted octanol–water partition coefficient (Wildman–Crippen LogP) is 1.94. The van der Waals surface area contributed by atoms with Crippen LogP contribution in [0.3, 0.4) is 0 Å². The molecule has 3 aromatic rings. The number of nitrogens with zero attached hydrogens (tertiary/aromatic N) is 6. The summed E-state index contributed by atoms with van der Waals surface area (Å²) in [4.78, 5) is 48.8. The Morgan fingerprint density at radius 3 is 2.79 bits per heavy atom. The first-order valence-electron chi connectivity index (χ1n) is 10.5. The Bertz CT molecular complexity index is 1450. The van der Waals surface area contributed by atoms with E-state index < -0.39 is 29.2 Å². The van der Waals surface area contributed by atoms with Gasteiger partial charge < -0.3 is 21.0 Å². The Hall–Kier alpha value is -3.25. The van der Waals surface area contributed by atoms with Gasteiger partial charge >= 0.3 is 5.97 Å². The molecular weight excluding hydrogens is 596 g/mol. The summed E-state index contributed by atoms with van der Waals surface area (Å²) in [5.41, 5.74) is 7.44. The van der Waals surface area contributed by atoms with Gasteiger partial charge in [0.1, 0.15) is 22.6 Å². The van der Waals surface area contributed by atoms with Gasteiger partial charge in [0.15, 0.2) is 15.2 Å². The fourth-order valence-electron chi connectivity index (χ4n) is 3.49. The monoisotopic (exact) mass is 610 g/mol. The lowest BCUT2D eigenvalue weighted by Crippen LogP contribution is -2.71. The highest BCUT2D eigenvalue weighted by atomic mass is 35.5. The van der Waals surface area contributed by atoms with Crippen molar-refractivity contribution < 1.29 is 24.3 Å². The van der Waals surface area contributed by atoms with Crippen molar-refractivity contribution in [2.75, 3.05) is 17.2 Å². The molecule has 13 nitrogen and oxygen atoms in total. The van der Waals surface area contributed by atoms with E-state index in [2.05, 4.69) is 30.0 Å². The number of carboxylic acids is 1. The Morgan fingerprint density at radius 2 is 2.13 bits per heavy atom. The third-order valence-electron chi connectivity index (χ3n) is 5.17. The molecule has 196 valence electrons. The summed E-state index contributed by atoms with van der Waals surface area (Å²) in [7, 11) is 0. The molecule has 4 N–H and O–H groups in total. The molecule has 0 radical (unpaired) electrons. The topological polar surface area (TPSA) is 186 Å². The number of nitrogens with two attached hydrogens (primary N) is 1. The van der Waals surface area contributed by atoms with Crippen molar-refractivity contribution in [3.8, 4) is 5.75 Å². The van der Waals surface area contributed by atoms with Crippen LogP contribution in [0.4, 0.5) is 5.13 Å². The molecule has 5 rings (SSSR count). The first-order chi connectivity index (χ1) is 18.3. The van der Waals surface area contributed by atoms with Gasteiger partial charge in [-0.2, -0.15) is 9.36 Å². The van der Waals surface area contributed by atoms with E-state index in [1.165, 1.54) is 39.8 Å². The number of halogens is 1. The van der Waals surface area contributed by atoms with Crippen LogP contribution in [0, 0.1) is 0 Å². The first-order valence-corrected chi connectivity index (χ1v) is 14.6. The van der Waals surface area contributed by atoms with E-state index in [1.807, 2.05) is 0 Å². The highest BCUT2D eigenvalue weighted by molar-refractivity contribution is 8.01. The maximum atomic E-state index is 13.2. The molecule has 18 heteroatoms. The molecule has 2 atom stereocenters. The van der Waals surface area contributed by atoms with Crippen LogP contribution in [0.1, 0.15) is 5.82 Å². The molecule has 0 spiro atoms. The molecule has 1 fully saturated rings. The average molecular weight is 611 g/mol. The molecule has 0 saturated carbocycles. The standard InChI is InChI=1S/C20H15ClN8O5S4/c21-9-1-3-10(4-2-9)34-27-11(14-25-19(22)38-28-14)15(30)24-12-16(31)29-13(18(32)33)8(5-35-17(12)29)6-36-20-26-23-7-37-20/h1-4,7,12,17H,5-6H2,(H,24,30)(H,32,33)(H2,22,25,28)/b27-11-/t12?,17-/m1/s1. The van der Waals surface area contributed by atoms with Crippen LogP contribution < -0.4 is 15.9 Å². The van der Waals surface area contributed by atoms with Crippen LogP contribution in [0.5, 0.6) is 5.75 Å². The minimum absolute atomic E-state index is 0.0824. The van der Waals surface area contributed by atoms with Crippen LogP contribution in [-0.2, 0) is 14.4 Å². The number of carbonyl (C=O) groups is 3. The second-order valence-electron chi connectivity index (χ2n) is 7.55. The van der Waals surface area contributed by atoms with E-state index in [0.717, 1.165) is 11.5 Å². The van der Waals surface area contributed by atoms with Crippen LogP contribution in [-0.4, -0.2) is 76.0 Å². The fraction of sp³-hybridized carbons (Fsp3) is 0.200. The molecule has 2 aliphatic heterocycles. The Balaban J connectivity index is 1.32. The minimum Gasteiger partial charge on any atom is -0.477 e.